The van der Waals surface area contributed by atoms with E-state index >= 15 is 0 Å². The summed E-state index contributed by atoms with van der Waals surface area (Å²) < 4.78 is 16.5. The molecule has 0 saturated carbocycles. The molecule has 1 heterocycles. The van der Waals surface area contributed by atoms with Gasteiger partial charge in [-0.1, -0.05) is 30.3 Å². The monoisotopic (exact) mass is 335 g/mol. The molecule has 3 aromatic rings. The van der Waals surface area contributed by atoms with Crippen LogP contribution in [0.2, 0.25) is 0 Å². The molecule has 0 saturated heterocycles. The van der Waals surface area contributed by atoms with Gasteiger partial charge in [0, 0.05) is 5.39 Å². The molecule has 2 aromatic carbocycles. The number of ether oxygens (including phenoxy) is 3. The van der Waals surface area contributed by atoms with E-state index < -0.39 is 0 Å². The average Bonchev–Trinajstić information content (AvgIpc) is 2.66. The summed E-state index contributed by atoms with van der Waals surface area (Å²) in [6, 6.07) is 16.0. The number of pyridine rings is 1. The third-order valence-corrected chi connectivity index (χ3v) is 3.84. The first-order chi connectivity index (χ1) is 12.2. The highest BCUT2D eigenvalue weighted by Crippen LogP contribution is 2.39. The van der Waals surface area contributed by atoms with Crippen molar-refractivity contribution < 1.29 is 14.2 Å². The summed E-state index contributed by atoms with van der Waals surface area (Å²) in [6.45, 7) is 2.47. The van der Waals surface area contributed by atoms with Gasteiger partial charge in [-0.05, 0) is 42.8 Å². The molecule has 1 aromatic heterocycles. The Morgan fingerprint density at radius 1 is 0.920 bits per heavy atom. The summed E-state index contributed by atoms with van der Waals surface area (Å²) in [7, 11) is 3.24. The number of hydrogen-bond acceptors (Lipinski definition) is 4. The first kappa shape index (κ1) is 16.8. The number of hydrogen-bond donors (Lipinski definition) is 0. The van der Waals surface area contributed by atoms with Crippen molar-refractivity contribution >= 4 is 23.1 Å². The van der Waals surface area contributed by atoms with Gasteiger partial charge in [-0.3, -0.25) is 0 Å². The van der Waals surface area contributed by atoms with Crippen molar-refractivity contribution in [2.75, 3.05) is 20.8 Å². The molecule has 0 atom stereocenters. The number of methoxy groups -OCH3 is 2. The SMILES string of the molecule is CCOc1c(OC)cc(/C=C/c2ccc3ccccc3n2)cc1OC. The van der Waals surface area contributed by atoms with Crippen LogP contribution in [0, 0.1) is 0 Å². The molecule has 0 aliphatic carbocycles. The fraction of sp³-hybridized carbons (Fsp3) is 0.190. The smallest absolute Gasteiger partial charge is 0.203 e. The molecule has 0 unspecified atom stereocenters. The minimum Gasteiger partial charge on any atom is -0.493 e. The van der Waals surface area contributed by atoms with Gasteiger partial charge in [0.2, 0.25) is 5.75 Å². The summed E-state index contributed by atoms with van der Waals surface area (Å²) in [5.41, 5.74) is 2.82. The maximum absolute atomic E-state index is 5.63. The average molecular weight is 335 g/mol. The second kappa shape index (κ2) is 7.71. The molecule has 0 aliphatic heterocycles. The number of fused-ring (bicyclic) bond motifs is 1. The zero-order valence-electron chi connectivity index (χ0n) is 14.7. The Hall–Kier alpha value is -3.01. The lowest BCUT2D eigenvalue weighted by Gasteiger charge is -2.14. The highest BCUT2D eigenvalue weighted by atomic mass is 16.5. The van der Waals surface area contributed by atoms with E-state index in [0.29, 0.717) is 23.9 Å². The third kappa shape index (κ3) is 3.74. The van der Waals surface area contributed by atoms with Crippen LogP contribution in [0.5, 0.6) is 17.2 Å². The molecule has 0 aliphatic rings. The van der Waals surface area contributed by atoms with Crippen molar-refractivity contribution in [3.63, 3.8) is 0 Å². The normalized spacial score (nSPS) is 11.0. The molecule has 0 radical (unpaired) electrons. The summed E-state index contributed by atoms with van der Waals surface area (Å²) >= 11 is 0. The number of benzene rings is 2. The van der Waals surface area contributed by atoms with Gasteiger partial charge in [0.05, 0.1) is 32.0 Å². The van der Waals surface area contributed by atoms with E-state index in [4.69, 9.17) is 14.2 Å². The van der Waals surface area contributed by atoms with Gasteiger partial charge in [-0.25, -0.2) is 4.98 Å². The van der Waals surface area contributed by atoms with Crippen molar-refractivity contribution in [1.82, 2.24) is 4.98 Å². The molecule has 0 bridgehead atoms. The Morgan fingerprint density at radius 2 is 1.64 bits per heavy atom. The first-order valence-electron chi connectivity index (χ1n) is 8.18. The molecular formula is C21H21NO3. The van der Waals surface area contributed by atoms with Crippen molar-refractivity contribution in [2.45, 2.75) is 6.92 Å². The van der Waals surface area contributed by atoms with Crippen molar-refractivity contribution in [3.8, 4) is 17.2 Å². The van der Waals surface area contributed by atoms with Crippen LogP contribution < -0.4 is 14.2 Å². The van der Waals surface area contributed by atoms with Gasteiger partial charge in [0.1, 0.15) is 0 Å². The third-order valence-electron chi connectivity index (χ3n) is 3.84. The van der Waals surface area contributed by atoms with E-state index in [2.05, 4.69) is 17.1 Å². The van der Waals surface area contributed by atoms with Crippen LogP contribution in [0.1, 0.15) is 18.2 Å². The van der Waals surface area contributed by atoms with Gasteiger partial charge in [-0.15, -0.1) is 0 Å². The van der Waals surface area contributed by atoms with Crippen molar-refractivity contribution in [1.29, 1.82) is 0 Å². The zero-order chi connectivity index (χ0) is 17.6. The van der Waals surface area contributed by atoms with E-state index in [1.54, 1.807) is 14.2 Å². The lowest BCUT2D eigenvalue weighted by atomic mass is 10.1. The van der Waals surface area contributed by atoms with Gasteiger partial charge in [0.25, 0.3) is 0 Å². The lowest BCUT2D eigenvalue weighted by Crippen LogP contribution is -1.99. The fourth-order valence-corrected chi connectivity index (χ4v) is 2.64. The van der Waals surface area contributed by atoms with Crippen LogP contribution in [0.4, 0.5) is 0 Å². The Bertz CT molecular complexity index is 878. The summed E-state index contributed by atoms with van der Waals surface area (Å²) in [5, 5.41) is 1.13. The second-order valence-electron chi connectivity index (χ2n) is 5.45. The molecule has 0 N–H and O–H groups in total. The highest BCUT2D eigenvalue weighted by Gasteiger charge is 2.12. The fourth-order valence-electron chi connectivity index (χ4n) is 2.64. The number of para-hydroxylation sites is 1. The largest absolute Gasteiger partial charge is 0.493 e. The number of aromatic nitrogens is 1. The Balaban J connectivity index is 1.94. The quantitative estimate of drug-likeness (QED) is 0.647. The van der Waals surface area contributed by atoms with Crippen LogP contribution in [0.25, 0.3) is 23.1 Å². The topological polar surface area (TPSA) is 40.6 Å². The molecule has 128 valence electrons. The van der Waals surface area contributed by atoms with E-state index in [1.165, 1.54) is 0 Å². The Kier molecular flexibility index (Phi) is 5.19. The van der Waals surface area contributed by atoms with Gasteiger partial charge < -0.3 is 14.2 Å². The van der Waals surface area contributed by atoms with Crippen molar-refractivity contribution in [2.24, 2.45) is 0 Å². The molecule has 3 rings (SSSR count). The number of nitrogens with zero attached hydrogens (tertiary/aromatic N) is 1. The van der Waals surface area contributed by atoms with Crippen LogP contribution in [-0.2, 0) is 0 Å². The summed E-state index contributed by atoms with van der Waals surface area (Å²) in [4.78, 5) is 4.65. The molecule has 0 spiro atoms. The Labute approximate surface area is 147 Å². The predicted octanol–water partition coefficient (Wildman–Crippen LogP) is 4.82. The molecule has 0 fully saturated rings. The van der Waals surface area contributed by atoms with Gasteiger partial charge in [-0.2, -0.15) is 0 Å². The van der Waals surface area contributed by atoms with Crippen LogP contribution in [0.15, 0.2) is 48.5 Å². The van der Waals surface area contributed by atoms with Gasteiger partial charge >= 0.3 is 0 Å². The maximum Gasteiger partial charge on any atom is 0.203 e. The van der Waals surface area contributed by atoms with Crippen LogP contribution in [0.3, 0.4) is 0 Å². The number of rotatable bonds is 6. The Morgan fingerprint density at radius 3 is 2.32 bits per heavy atom. The first-order valence-corrected chi connectivity index (χ1v) is 8.18. The molecule has 0 amide bonds. The highest BCUT2D eigenvalue weighted by molar-refractivity contribution is 5.81. The van der Waals surface area contributed by atoms with E-state index in [1.807, 2.05) is 55.5 Å². The molecular weight excluding hydrogens is 314 g/mol. The molecule has 4 nitrogen and oxygen atoms in total. The van der Waals surface area contributed by atoms with E-state index in [-0.39, 0.29) is 0 Å². The summed E-state index contributed by atoms with van der Waals surface area (Å²) in [5.74, 6) is 1.91. The van der Waals surface area contributed by atoms with E-state index in [0.717, 1.165) is 22.2 Å². The molecule has 25 heavy (non-hydrogen) atoms. The molecule has 4 heteroatoms. The minimum atomic E-state index is 0.545. The van der Waals surface area contributed by atoms with Crippen LogP contribution >= 0.6 is 0 Å². The predicted molar refractivity (Wildman–Crippen MR) is 101 cm³/mol. The second-order valence-corrected chi connectivity index (χ2v) is 5.45. The maximum atomic E-state index is 5.63. The van der Waals surface area contributed by atoms with Crippen molar-refractivity contribution in [3.05, 3.63) is 59.8 Å². The zero-order valence-corrected chi connectivity index (χ0v) is 14.7. The minimum absolute atomic E-state index is 0.545. The summed E-state index contributed by atoms with van der Waals surface area (Å²) in [6.07, 6.45) is 3.96. The van der Waals surface area contributed by atoms with E-state index in [9.17, 15) is 0 Å². The van der Waals surface area contributed by atoms with Gasteiger partial charge in [0.15, 0.2) is 11.5 Å². The van der Waals surface area contributed by atoms with Crippen LogP contribution in [-0.4, -0.2) is 25.8 Å². The lowest BCUT2D eigenvalue weighted by molar-refractivity contribution is 0.288. The standard InChI is InChI=1S/C21H21NO3/c1-4-25-21-19(23-2)13-15(14-20(21)24-3)9-11-17-12-10-16-7-5-6-8-18(16)22-17/h5-14H,4H2,1-3H3/b11-9+.